The molecule has 0 radical (unpaired) electrons. The average Bonchev–Trinajstić information content (AvgIpc) is 3.12. The lowest BCUT2D eigenvalue weighted by Crippen LogP contribution is -2.36. The van der Waals surface area contributed by atoms with E-state index in [4.69, 9.17) is 9.47 Å². The molecule has 13 heteroatoms. The average molecular weight is 495 g/mol. The topological polar surface area (TPSA) is 120 Å². The monoisotopic (exact) mass is 494 g/mol. The summed E-state index contributed by atoms with van der Waals surface area (Å²) >= 11 is 2.09. The van der Waals surface area contributed by atoms with E-state index in [1.54, 1.807) is 6.26 Å². The Morgan fingerprint density at radius 1 is 1.17 bits per heavy atom. The fourth-order valence-corrected chi connectivity index (χ4v) is 7.13. The molecule has 0 N–H and O–H groups in total. The van der Waals surface area contributed by atoms with Crippen LogP contribution in [0.25, 0.3) is 0 Å². The molecule has 2 rings (SSSR count). The SMILES string of the molecule is COc1ccc(N(C(=O)c2cc(S(=O)(=O)C(C)C)c(SC)s2)S(C)(=O)=O)c(OC)n1. The number of sulfone groups is 1. The van der Waals surface area contributed by atoms with Gasteiger partial charge in [-0.15, -0.1) is 23.1 Å². The first kappa shape index (κ1) is 24.4. The number of rotatable bonds is 8. The molecule has 0 aliphatic heterocycles. The molecule has 0 unspecified atom stereocenters. The van der Waals surface area contributed by atoms with Gasteiger partial charge in [-0.2, -0.15) is 9.29 Å². The molecule has 2 aromatic heterocycles. The van der Waals surface area contributed by atoms with Crippen LogP contribution in [-0.4, -0.2) is 59.7 Å². The van der Waals surface area contributed by atoms with Gasteiger partial charge >= 0.3 is 0 Å². The van der Waals surface area contributed by atoms with Crippen LogP contribution in [0.1, 0.15) is 23.5 Å². The molecular weight excluding hydrogens is 472 g/mol. The van der Waals surface area contributed by atoms with Crippen molar-refractivity contribution in [3.8, 4) is 11.8 Å². The second-order valence-corrected chi connectivity index (χ2v) is 12.7. The summed E-state index contributed by atoms with van der Waals surface area (Å²) in [6, 6.07) is 3.94. The zero-order valence-corrected chi connectivity index (χ0v) is 20.5. The molecule has 1 amide bonds. The molecule has 0 aromatic carbocycles. The van der Waals surface area contributed by atoms with Crippen LogP contribution in [0.4, 0.5) is 5.69 Å². The van der Waals surface area contributed by atoms with E-state index in [1.165, 1.54) is 58.0 Å². The van der Waals surface area contributed by atoms with Gasteiger partial charge in [-0.3, -0.25) is 4.79 Å². The highest BCUT2D eigenvalue weighted by Gasteiger charge is 2.34. The predicted octanol–water partition coefficient (Wildman–Crippen LogP) is 2.67. The number of ether oxygens (including phenoxy) is 2. The number of anilines is 1. The van der Waals surface area contributed by atoms with Crippen molar-refractivity contribution in [1.29, 1.82) is 0 Å². The lowest BCUT2D eigenvalue weighted by atomic mass is 10.3. The molecule has 2 aromatic rings. The second-order valence-electron chi connectivity index (χ2n) is 6.27. The van der Waals surface area contributed by atoms with Crippen LogP contribution in [0.15, 0.2) is 27.3 Å². The Hall–Kier alpha value is -1.83. The molecule has 0 saturated heterocycles. The van der Waals surface area contributed by atoms with E-state index in [1.807, 2.05) is 0 Å². The molecule has 0 aliphatic carbocycles. The van der Waals surface area contributed by atoms with Crippen molar-refractivity contribution < 1.29 is 31.1 Å². The first-order valence-electron chi connectivity index (χ1n) is 8.43. The number of aromatic nitrogens is 1. The number of nitrogens with zero attached hydrogens (tertiary/aromatic N) is 2. The van der Waals surface area contributed by atoms with Gasteiger partial charge in [0.1, 0.15) is 5.69 Å². The van der Waals surface area contributed by atoms with Crippen molar-refractivity contribution in [2.24, 2.45) is 0 Å². The summed E-state index contributed by atoms with van der Waals surface area (Å²) in [5.41, 5.74) is -0.113. The van der Waals surface area contributed by atoms with E-state index in [2.05, 4.69) is 4.98 Å². The normalized spacial score (nSPS) is 12.1. The van der Waals surface area contributed by atoms with E-state index >= 15 is 0 Å². The largest absolute Gasteiger partial charge is 0.481 e. The highest BCUT2D eigenvalue weighted by molar-refractivity contribution is 8.01. The predicted molar refractivity (Wildman–Crippen MR) is 117 cm³/mol. The van der Waals surface area contributed by atoms with Crippen molar-refractivity contribution in [2.45, 2.75) is 28.2 Å². The highest BCUT2D eigenvalue weighted by Crippen LogP contribution is 2.38. The number of methoxy groups -OCH3 is 2. The van der Waals surface area contributed by atoms with Gasteiger partial charge < -0.3 is 9.47 Å². The fraction of sp³-hybridized carbons (Fsp3) is 0.412. The maximum absolute atomic E-state index is 13.2. The zero-order valence-electron chi connectivity index (χ0n) is 17.2. The zero-order chi connectivity index (χ0) is 22.9. The quantitative estimate of drug-likeness (QED) is 0.510. The van der Waals surface area contributed by atoms with Gasteiger partial charge in [0.15, 0.2) is 9.84 Å². The number of hydrogen-bond donors (Lipinski definition) is 0. The minimum Gasteiger partial charge on any atom is -0.481 e. The maximum Gasteiger partial charge on any atom is 0.282 e. The van der Waals surface area contributed by atoms with Gasteiger partial charge in [0.05, 0.1) is 39.7 Å². The van der Waals surface area contributed by atoms with E-state index in [0.717, 1.165) is 17.6 Å². The summed E-state index contributed by atoms with van der Waals surface area (Å²) in [7, 11) is -5.11. The van der Waals surface area contributed by atoms with Gasteiger partial charge in [-0.25, -0.2) is 16.8 Å². The maximum atomic E-state index is 13.2. The Morgan fingerprint density at radius 2 is 1.80 bits per heavy atom. The fourth-order valence-electron chi connectivity index (χ4n) is 2.43. The number of sulfonamides is 1. The lowest BCUT2D eigenvalue weighted by Gasteiger charge is -2.21. The third kappa shape index (κ3) is 4.74. The standard InChI is InChI=1S/C17H22N2O7S4/c1-10(2)30(23,24)13-9-12(28-17(13)27-5)16(20)19(29(6,21)22)11-7-8-14(25-3)18-15(11)26-4/h7-10H,1-6H3. The molecular formula is C17H22N2O7S4. The first-order valence-corrected chi connectivity index (χ1v) is 13.9. The molecule has 166 valence electrons. The van der Waals surface area contributed by atoms with Crippen LogP contribution in [0.2, 0.25) is 0 Å². The molecule has 0 spiro atoms. The van der Waals surface area contributed by atoms with Crippen molar-refractivity contribution >= 4 is 54.6 Å². The van der Waals surface area contributed by atoms with Crippen molar-refractivity contribution in [1.82, 2.24) is 4.98 Å². The number of thioether (sulfide) groups is 1. The Balaban J connectivity index is 2.68. The summed E-state index contributed by atoms with van der Waals surface area (Å²) in [6.45, 7) is 3.07. The number of pyridine rings is 1. The van der Waals surface area contributed by atoms with Gasteiger partial charge in [0.2, 0.25) is 21.8 Å². The van der Waals surface area contributed by atoms with Crippen LogP contribution in [-0.2, 0) is 19.9 Å². The summed E-state index contributed by atoms with van der Waals surface area (Å²) < 4.78 is 61.4. The minimum atomic E-state index is -4.11. The molecule has 0 fully saturated rings. The van der Waals surface area contributed by atoms with Crippen molar-refractivity contribution in [2.75, 3.05) is 31.0 Å². The van der Waals surface area contributed by atoms with E-state index in [0.29, 0.717) is 8.51 Å². The minimum absolute atomic E-state index is 0.00613. The van der Waals surface area contributed by atoms with Gasteiger partial charge in [0, 0.05) is 6.07 Å². The van der Waals surface area contributed by atoms with Crippen molar-refractivity contribution in [3.63, 3.8) is 0 Å². The summed E-state index contributed by atoms with van der Waals surface area (Å²) in [4.78, 5) is 17.2. The molecule has 30 heavy (non-hydrogen) atoms. The Morgan fingerprint density at radius 3 is 2.27 bits per heavy atom. The van der Waals surface area contributed by atoms with Crippen LogP contribution in [0.3, 0.4) is 0 Å². The molecule has 0 bridgehead atoms. The number of thiophene rings is 1. The third-order valence-corrected chi connectivity index (χ3v) is 9.66. The number of hydrogen-bond acceptors (Lipinski definition) is 10. The van der Waals surface area contributed by atoms with E-state index < -0.39 is 31.0 Å². The highest BCUT2D eigenvalue weighted by atomic mass is 32.2. The molecule has 9 nitrogen and oxygen atoms in total. The number of carbonyl (C=O) groups excluding carboxylic acids is 1. The van der Waals surface area contributed by atoms with Crippen LogP contribution in [0.5, 0.6) is 11.8 Å². The molecule has 0 atom stereocenters. The summed E-state index contributed by atoms with van der Waals surface area (Å²) in [5.74, 6) is -0.874. The number of carbonyl (C=O) groups is 1. The summed E-state index contributed by atoms with van der Waals surface area (Å²) in [6.07, 6.45) is 2.55. The smallest absolute Gasteiger partial charge is 0.282 e. The second kappa shape index (κ2) is 9.12. The lowest BCUT2D eigenvalue weighted by molar-refractivity contribution is 0.101. The molecule has 0 aliphatic rings. The van der Waals surface area contributed by atoms with E-state index in [9.17, 15) is 21.6 Å². The Labute approximate surface area is 184 Å². The van der Waals surface area contributed by atoms with Crippen molar-refractivity contribution in [3.05, 3.63) is 23.1 Å². The van der Waals surface area contributed by atoms with Gasteiger partial charge in [0.25, 0.3) is 5.91 Å². The molecule has 0 saturated carbocycles. The van der Waals surface area contributed by atoms with Crippen LogP contribution >= 0.6 is 23.1 Å². The third-order valence-electron chi connectivity index (χ3n) is 3.94. The Kier molecular flexibility index (Phi) is 7.43. The molecule has 2 heterocycles. The first-order chi connectivity index (χ1) is 13.9. The van der Waals surface area contributed by atoms with Gasteiger partial charge in [-0.1, -0.05) is 0 Å². The van der Waals surface area contributed by atoms with E-state index in [-0.39, 0.29) is 27.2 Å². The number of amides is 1. The summed E-state index contributed by atoms with van der Waals surface area (Å²) in [5, 5.41) is -0.696. The van der Waals surface area contributed by atoms with Gasteiger partial charge in [-0.05, 0) is 32.2 Å². The van der Waals surface area contributed by atoms with Crippen LogP contribution < -0.4 is 13.8 Å². The Bertz CT molecular complexity index is 1150. The van der Waals surface area contributed by atoms with Crippen LogP contribution in [0, 0.1) is 0 Å².